The molecule has 1 amide bonds. The fourth-order valence-electron chi connectivity index (χ4n) is 4.04. The molecule has 3 heterocycles. The Morgan fingerprint density at radius 2 is 1.96 bits per heavy atom. The van der Waals surface area contributed by atoms with Gasteiger partial charge in [-0.1, -0.05) is 0 Å². The molecule has 2 aliphatic rings. The lowest BCUT2D eigenvalue weighted by Crippen LogP contribution is -2.48. The van der Waals surface area contributed by atoms with Crippen LogP contribution >= 0.6 is 22.6 Å². The first-order valence-corrected chi connectivity index (χ1v) is 10.1. The maximum absolute atomic E-state index is 10.7. The minimum atomic E-state index is -1.05. The molecule has 0 atom stereocenters. The SMILES string of the molecule is Nc1ncnc2c1c(I)cn2C1CCC(C2OCC(NC(=O)O)CO2)CC1. The van der Waals surface area contributed by atoms with E-state index in [9.17, 15) is 4.79 Å². The van der Waals surface area contributed by atoms with Crippen molar-refractivity contribution in [1.82, 2.24) is 19.9 Å². The highest BCUT2D eigenvalue weighted by Gasteiger charge is 2.34. The van der Waals surface area contributed by atoms with Gasteiger partial charge in [0.05, 0.1) is 24.6 Å². The fraction of sp³-hybridized carbons (Fsp3) is 0.588. The molecule has 2 fully saturated rings. The van der Waals surface area contributed by atoms with Crippen LogP contribution in [0, 0.1) is 9.49 Å². The Hall–Kier alpha value is -1.66. The number of hydrogen-bond donors (Lipinski definition) is 3. The number of amides is 1. The molecule has 0 aromatic carbocycles. The number of fused-ring (bicyclic) bond motifs is 1. The maximum atomic E-state index is 10.7. The molecule has 1 saturated heterocycles. The third-order valence-corrected chi connectivity index (χ3v) is 6.18. The molecule has 1 aliphatic carbocycles. The molecule has 4 N–H and O–H groups in total. The molecular weight excluding hydrogens is 465 g/mol. The Balaban J connectivity index is 1.38. The summed E-state index contributed by atoms with van der Waals surface area (Å²) < 4.78 is 14.8. The van der Waals surface area contributed by atoms with Crippen LogP contribution in [-0.2, 0) is 9.47 Å². The normalized spacial score (nSPS) is 28.9. The molecule has 1 aliphatic heterocycles. The Bertz CT molecular complexity index is 828. The van der Waals surface area contributed by atoms with Gasteiger partial charge in [0.15, 0.2) is 6.29 Å². The number of ether oxygens (including phenoxy) is 2. The number of nitrogens with zero attached hydrogens (tertiary/aromatic N) is 3. The van der Waals surface area contributed by atoms with E-state index < -0.39 is 6.09 Å². The summed E-state index contributed by atoms with van der Waals surface area (Å²) in [6.07, 6.45) is 6.31. The van der Waals surface area contributed by atoms with E-state index in [4.69, 9.17) is 20.3 Å². The van der Waals surface area contributed by atoms with E-state index in [2.05, 4.69) is 48.6 Å². The number of nitrogens with two attached hydrogens (primary N) is 1. The van der Waals surface area contributed by atoms with Crippen molar-refractivity contribution >= 4 is 45.5 Å². The first kappa shape index (κ1) is 18.7. The molecule has 1 saturated carbocycles. The van der Waals surface area contributed by atoms with Gasteiger partial charge in [-0.05, 0) is 48.3 Å². The lowest BCUT2D eigenvalue weighted by atomic mass is 9.85. The third-order valence-electron chi connectivity index (χ3n) is 5.36. The van der Waals surface area contributed by atoms with E-state index in [0.717, 1.165) is 40.3 Å². The first-order chi connectivity index (χ1) is 13.0. The minimum Gasteiger partial charge on any atom is -0.465 e. The summed E-state index contributed by atoms with van der Waals surface area (Å²) in [6, 6.07) is 0.0696. The number of anilines is 1. The number of carbonyl (C=O) groups is 1. The van der Waals surface area contributed by atoms with E-state index in [1.165, 1.54) is 6.33 Å². The van der Waals surface area contributed by atoms with Crippen LogP contribution in [0.2, 0.25) is 0 Å². The van der Waals surface area contributed by atoms with Crippen LogP contribution in [0.1, 0.15) is 31.7 Å². The molecule has 2 aromatic rings. The highest BCUT2D eigenvalue weighted by molar-refractivity contribution is 14.1. The maximum Gasteiger partial charge on any atom is 0.405 e. The molecule has 4 rings (SSSR count). The number of hydrogen-bond acceptors (Lipinski definition) is 6. The molecule has 0 radical (unpaired) electrons. The van der Waals surface area contributed by atoms with Crippen molar-refractivity contribution in [2.75, 3.05) is 18.9 Å². The molecule has 27 heavy (non-hydrogen) atoms. The van der Waals surface area contributed by atoms with E-state index >= 15 is 0 Å². The van der Waals surface area contributed by atoms with Gasteiger partial charge < -0.3 is 30.2 Å². The van der Waals surface area contributed by atoms with Crippen molar-refractivity contribution in [2.24, 2.45) is 5.92 Å². The van der Waals surface area contributed by atoms with E-state index in [1.54, 1.807) is 0 Å². The van der Waals surface area contributed by atoms with Gasteiger partial charge in [-0.2, -0.15) is 0 Å². The monoisotopic (exact) mass is 487 g/mol. The van der Waals surface area contributed by atoms with Gasteiger partial charge in [-0.3, -0.25) is 0 Å². The molecular formula is C17H22IN5O4. The molecule has 2 aromatic heterocycles. The number of nitrogen functional groups attached to an aromatic ring is 1. The smallest absolute Gasteiger partial charge is 0.405 e. The molecule has 146 valence electrons. The molecule has 0 bridgehead atoms. The topological polar surface area (TPSA) is 125 Å². The zero-order chi connectivity index (χ0) is 19.0. The highest BCUT2D eigenvalue weighted by atomic mass is 127. The summed E-state index contributed by atoms with van der Waals surface area (Å²) in [4.78, 5) is 19.2. The van der Waals surface area contributed by atoms with Crippen LogP contribution in [0.5, 0.6) is 0 Å². The predicted octanol–water partition coefficient (Wildman–Crippen LogP) is 2.36. The quantitative estimate of drug-likeness (QED) is 0.568. The number of rotatable bonds is 3. The van der Waals surface area contributed by atoms with Crippen LogP contribution in [0.15, 0.2) is 12.5 Å². The van der Waals surface area contributed by atoms with Crippen LogP contribution in [0.3, 0.4) is 0 Å². The second-order valence-corrected chi connectivity index (χ2v) is 8.25. The summed E-state index contributed by atoms with van der Waals surface area (Å²) in [5, 5.41) is 12.1. The van der Waals surface area contributed by atoms with Crippen molar-refractivity contribution in [2.45, 2.75) is 44.1 Å². The van der Waals surface area contributed by atoms with Gasteiger partial charge in [0, 0.05) is 21.7 Å². The van der Waals surface area contributed by atoms with Gasteiger partial charge in [-0.25, -0.2) is 14.8 Å². The van der Waals surface area contributed by atoms with Gasteiger partial charge in [0.25, 0.3) is 0 Å². The average molecular weight is 487 g/mol. The number of nitrogens with one attached hydrogen (secondary N) is 1. The van der Waals surface area contributed by atoms with Gasteiger partial charge in [0.1, 0.15) is 17.8 Å². The Kier molecular flexibility index (Phi) is 5.37. The van der Waals surface area contributed by atoms with Crippen molar-refractivity contribution < 1.29 is 19.4 Å². The van der Waals surface area contributed by atoms with Gasteiger partial charge in [0.2, 0.25) is 0 Å². The third kappa shape index (κ3) is 3.83. The highest BCUT2D eigenvalue weighted by Crippen LogP contribution is 2.38. The standard InChI is InChI=1S/C17H22IN5O4/c18-12-5-23(15-13(12)14(19)20-8-21-15)11-3-1-9(2-4-11)16-26-6-10(7-27-16)22-17(24)25/h5,8-11,16,22H,1-4,6-7H2,(H,24,25)(H2,19,20,21). The molecule has 10 heteroatoms. The van der Waals surface area contributed by atoms with Crippen molar-refractivity contribution in [3.05, 3.63) is 16.1 Å². The van der Waals surface area contributed by atoms with E-state index in [-0.39, 0.29) is 12.3 Å². The second-order valence-electron chi connectivity index (χ2n) is 7.09. The number of halogens is 1. The zero-order valence-electron chi connectivity index (χ0n) is 14.7. The van der Waals surface area contributed by atoms with Crippen molar-refractivity contribution in [3.8, 4) is 0 Å². The summed E-state index contributed by atoms with van der Waals surface area (Å²) in [6.45, 7) is 0.709. The summed E-state index contributed by atoms with van der Waals surface area (Å²) in [5.74, 6) is 0.845. The van der Waals surface area contributed by atoms with E-state index in [0.29, 0.717) is 31.0 Å². The van der Waals surface area contributed by atoms with Gasteiger partial charge in [-0.15, -0.1) is 0 Å². The van der Waals surface area contributed by atoms with E-state index in [1.807, 2.05) is 0 Å². The Morgan fingerprint density at radius 3 is 2.63 bits per heavy atom. The van der Waals surface area contributed by atoms with Crippen LogP contribution in [0.25, 0.3) is 11.0 Å². The predicted molar refractivity (Wildman–Crippen MR) is 106 cm³/mol. The van der Waals surface area contributed by atoms with Crippen LogP contribution < -0.4 is 11.1 Å². The zero-order valence-corrected chi connectivity index (χ0v) is 16.8. The largest absolute Gasteiger partial charge is 0.465 e. The first-order valence-electron chi connectivity index (χ1n) is 9.02. The van der Waals surface area contributed by atoms with Gasteiger partial charge >= 0.3 is 6.09 Å². The molecule has 0 spiro atoms. The fourth-order valence-corrected chi connectivity index (χ4v) is 4.86. The Labute approximate surface area is 169 Å². The average Bonchev–Trinajstić information content (AvgIpc) is 3.00. The lowest BCUT2D eigenvalue weighted by molar-refractivity contribution is -0.218. The lowest BCUT2D eigenvalue weighted by Gasteiger charge is -2.37. The summed E-state index contributed by atoms with van der Waals surface area (Å²) in [7, 11) is 0. The summed E-state index contributed by atoms with van der Waals surface area (Å²) in [5.41, 5.74) is 6.91. The molecule has 9 nitrogen and oxygen atoms in total. The van der Waals surface area contributed by atoms with Crippen molar-refractivity contribution in [1.29, 1.82) is 0 Å². The second kappa shape index (κ2) is 7.76. The summed E-state index contributed by atoms with van der Waals surface area (Å²) >= 11 is 2.28. The van der Waals surface area contributed by atoms with Crippen LogP contribution in [0.4, 0.5) is 10.6 Å². The minimum absolute atomic E-state index is 0.252. The number of carboxylic acid groups (broad SMARTS) is 1. The Morgan fingerprint density at radius 1 is 1.26 bits per heavy atom. The number of aromatic nitrogens is 3. The van der Waals surface area contributed by atoms with Crippen molar-refractivity contribution in [3.63, 3.8) is 0 Å². The molecule has 0 unspecified atom stereocenters. The van der Waals surface area contributed by atoms with Crippen LogP contribution in [-0.4, -0.2) is 51.3 Å².